The van der Waals surface area contributed by atoms with Gasteiger partial charge in [0, 0.05) is 16.9 Å². The second-order valence-corrected chi connectivity index (χ2v) is 7.11. The van der Waals surface area contributed by atoms with Crippen molar-refractivity contribution in [2.45, 2.75) is 42.6 Å². The first-order valence-electron chi connectivity index (χ1n) is 6.58. The van der Waals surface area contributed by atoms with Crippen LogP contribution < -0.4 is 0 Å². The quantitative estimate of drug-likeness (QED) is 0.541. The fraction of sp³-hybridized carbons (Fsp3) is 0.500. The van der Waals surface area contributed by atoms with E-state index in [1.165, 1.54) is 0 Å². The second kappa shape index (κ2) is 5.26. The van der Waals surface area contributed by atoms with Crippen molar-refractivity contribution in [1.29, 1.82) is 0 Å². The standard InChI is InChI=1S/C14H13BrClF2NO/c15-7-3-8-1-2-9(4-7)19(8)14(20)10-5-13(18)11(16)6-12(10)17/h5-9H,1-4H2. The number of halogens is 4. The van der Waals surface area contributed by atoms with Gasteiger partial charge in [0.05, 0.1) is 10.6 Å². The number of hydrogen-bond acceptors (Lipinski definition) is 1. The number of rotatable bonds is 1. The van der Waals surface area contributed by atoms with Crippen LogP contribution in [0.25, 0.3) is 0 Å². The zero-order chi connectivity index (χ0) is 14.4. The van der Waals surface area contributed by atoms with Crippen LogP contribution in [0, 0.1) is 11.6 Å². The number of fused-ring (bicyclic) bond motifs is 2. The van der Waals surface area contributed by atoms with Crippen molar-refractivity contribution in [2.75, 3.05) is 0 Å². The van der Waals surface area contributed by atoms with Crippen molar-refractivity contribution in [3.63, 3.8) is 0 Å². The molecule has 0 spiro atoms. The van der Waals surface area contributed by atoms with Gasteiger partial charge in [-0.1, -0.05) is 27.5 Å². The summed E-state index contributed by atoms with van der Waals surface area (Å²) in [5.41, 5.74) is -0.225. The lowest BCUT2D eigenvalue weighted by Gasteiger charge is -2.37. The molecule has 1 aromatic carbocycles. The number of piperidine rings is 1. The summed E-state index contributed by atoms with van der Waals surface area (Å²) < 4.78 is 27.4. The predicted octanol–water partition coefficient (Wildman–Crippen LogP) is 4.15. The number of hydrogen-bond donors (Lipinski definition) is 0. The van der Waals surface area contributed by atoms with E-state index >= 15 is 0 Å². The number of carbonyl (C=O) groups is 1. The molecule has 0 aromatic heterocycles. The van der Waals surface area contributed by atoms with Crippen molar-refractivity contribution < 1.29 is 13.6 Å². The maximum absolute atomic E-state index is 13.9. The molecule has 0 N–H and O–H groups in total. The maximum atomic E-state index is 13.9. The maximum Gasteiger partial charge on any atom is 0.257 e. The summed E-state index contributed by atoms with van der Waals surface area (Å²) in [5.74, 6) is -1.95. The molecule has 20 heavy (non-hydrogen) atoms. The van der Waals surface area contributed by atoms with E-state index in [2.05, 4.69) is 15.9 Å². The van der Waals surface area contributed by atoms with Crippen LogP contribution in [0.1, 0.15) is 36.0 Å². The molecule has 0 saturated carbocycles. The molecule has 3 rings (SSSR count). The van der Waals surface area contributed by atoms with Gasteiger partial charge in [-0.2, -0.15) is 0 Å². The smallest absolute Gasteiger partial charge is 0.257 e. The van der Waals surface area contributed by atoms with Crippen molar-refractivity contribution in [1.82, 2.24) is 4.90 Å². The van der Waals surface area contributed by atoms with Crippen LogP contribution in [-0.4, -0.2) is 27.7 Å². The van der Waals surface area contributed by atoms with Gasteiger partial charge >= 0.3 is 0 Å². The van der Waals surface area contributed by atoms with E-state index in [1.54, 1.807) is 4.90 Å². The molecule has 2 heterocycles. The van der Waals surface area contributed by atoms with Crippen LogP contribution >= 0.6 is 27.5 Å². The van der Waals surface area contributed by atoms with E-state index in [-0.39, 0.29) is 22.7 Å². The molecule has 0 radical (unpaired) electrons. The van der Waals surface area contributed by atoms with Gasteiger partial charge in [-0.15, -0.1) is 0 Å². The van der Waals surface area contributed by atoms with Crippen LogP contribution in [0.15, 0.2) is 12.1 Å². The SMILES string of the molecule is O=C(c1cc(F)c(Cl)cc1F)N1C2CCC1CC(Br)C2. The van der Waals surface area contributed by atoms with Gasteiger partial charge in [0.1, 0.15) is 11.6 Å². The molecule has 2 bridgehead atoms. The Kier molecular flexibility index (Phi) is 3.75. The van der Waals surface area contributed by atoms with Crippen molar-refractivity contribution in [3.05, 3.63) is 34.4 Å². The van der Waals surface area contributed by atoms with Gasteiger partial charge in [-0.3, -0.25) is 4.79 Å². The molecule has 2 atom stereocenters. The third-order valence-electron chi connectivity index (χ3n) is 4.15. The van der Waals surface area contributed by atoms with Crippen LogP contribution in [-0.2, 0) is 0 Å². The molecule has 2 aliphatic heterocycles. The molecule has 1 amide bonds. The van der Waals surface area contributed by atoms with E-state index in [1.807, 2.05) is 0 Å². The Morgan fingerprint density at radius 3 is 2.40 bits per heavy atom. The highest BCUT2D eigenvalue weighted by Crippen LogP contribution is 2.39. The molecule has 2 saturated heterocycles. The Labute approximate surface area is 129 Å². The van der Waals surface area contributed by atoms with E-state index in [0.29, 0.717) is 4.83 Å². The van der Waals surface area contributed by atoms with Crippen molar-refractivity contribution in [2.24, 2.45) is 0 Å². The fourth-order valence-corrected chi connectivity index (χ4v) is 4.28. The highest BCUT2D eigenvalue weighted by molar-refractivity contribution is 9.09. The Morgan fingerprint density at radius 2 is 1.80 bits per heavy atom. The zero-order valence-corrected chi connectivity index (χ0v) is 12.9. The minimum atomic E-state index is -0.765. The average Bonchev–Trinajstić information content (AvgIpc) is 2.65. The third-order valence-corrected chi connectivity index (χ3v) is 5.19. The Balaban J connectivity index is 1.92. The minimum Gasteiger partial charge on any atom is -0.333 e. The monoisotopic (exact) mass is 363 g/mol. The molecular weight excluding hydrogens is 352 g/mol. The van der Waals surface area contributed by atoms with E-state index in [4.69, 9.17) is 11.6 Å². The molecule has 2 unspecified atom stereocenters. The van der Waals surface area contributed by atoms with E-state index < -0.39 is 17.5 Å². The van der Waals surface area contributed by atoms with Crippen molar-refractivity contribution >= 4 is 33.4 Å². The summed E-state index contributed by atoms with van der Waals surface area (Å²) in [6, 6.07) is 2.00. The number of nitrogens with zero attached hydrogens (tertiary/aromatic N) is 1. The molecular formula is C14H13BrClF2NO. The van der Waals surface area contributed by atoms with Crippen LogP contribution in [0.3, 0.4) is 0 Å². The minimum absolute atomic E-state index is 0.115. The van der Waals surface area contributed by atoms with Gasteiger partial charge in [-0.05, 0) is 37.8 Å². The topological polar surface area (TPSA) is 20.3 Å². The third kappa shape index (κ3) is 2.35. The molecule has 108 valence electrons. The van der Waals surface area contributed by atoms with Gasteiger partial charge < -0.3 is 4.90 Å². The molecule has 6 heteroatoms. The van der Waals surface area contributed by atoms with Crippen LogP contribution in [0.2, 0.25) is 5.02 Å². The first kappa shape index (κ1) is 14.3. The Bertz CT molecular complexity index is 554. The largest absolute Gasteiger partial charge is 0.333 e. The van der Waals surface area contributed by atoms with Crippen LogP contribution in [0.5, 0.6) is 0 Å². The molecule has 2 aliphatic rings. The number of benzene rings is 1. The van der Waals surface area contributed by atoms with Gasteiger partial charge in [-0.25, -0.2) is 8.78 Å². The summed E-state index contributed by atoms with van der Waals surface area (Å²) in [4.78, 5) is 14.6. The molecule has 2 fully saturated rings. The summed E-state index contributed by atoms with van der Waals surface area (Å²) >= 11 is 9.11. The number of alkyl halides is 1. The van der Waals surface area contributed by atoms with E-state index in [0.717, 1.165) is 37.8 Å². The molecule has 0 aliphatic carbocycles. The predicted molar refractivity (Wildman–Crippen MR) is 76.3 cm³/mol. The summed E-state index contributed by atoms with van der Waals surface area (Å²) in [5, 5.41) is -0.304. The number of amides is 1. The normalized spacial score (nSPS) is 28.8. The fourth-order valence-electron chi connectivity index (χ4n) is 3.27. The van der Waals surface area contributed by atoms with Gasteiger partial charge in [0.2, 0.25) is 0 Å². The second-order valence-electron chi connectivity index (χ2n) is 5.41. The van der Waals surface area contributed by atoms with Gasteiger partial charge in [0.15, 0.2) is 0 Å². The number of carbonyl (C=O) groups excluding carboxylic acids is 1. The van der Waals surface area contributed by atoms with E-state index in [9.17, 15) is 13.6 Å². The highest BCUT2D eigenvalue weighted by atomic mass is 79.9. The van der Waals surface area contributed by atoms with Crippen molar-refractivity contribution in [3.8, 4) is 0 Å². The summed E-state index contributed by atoms with van der Waals surface area (Å²) in [6.45, 7) is 0. The average molecular weight is 365 g/mol. The first-order chi connectivity index (χ1) is 9.47. The lowest BCUT2D eigenvalue weighted by Crippen LogP contribution is -2.47. The Morgan fingerprint density at radius 1 is 1.20 bits per heavy atom. The summed E-state index contributed by atoms with van der Waals surface area (Å²) in [7, 11) is 0. The first-order valence-corrected chi connectivity index (χ1v) is 7.88. The molecule has 1 aromatic rings. The molecule has 2 nitrogen and oxygen atoms in total. The lowest BCUT2D eigenvalue weighted by atomic mass is 10.0. The zero-order valence-electron chi connectivity index (χ0n) is 10.6. The Hall–Kier alpha value is -0.680. The lowest BCUT2D eigenvalue weighted by molar-refractivity contribution is 0.0598. The highest BCUT2D eigenvalue weighted by Gasteiger charge is 2.43. The van der Waals surface area contributed by atoms with Gasteiger partial charge in [0.25, 0.3) is 5.91 Å². The van der Waals surface area contributed by atoms with Crippen LogP contribution in [0.4, 0.5) is 8.78 Å². The summed E-state index contributed by atoms with van der Waals surface area (Å²) in [6.07, 6.45) is 3.58.